The van der Waals surface area contributed by atoms with Gasteiger partial charge in [-0.2, -0.15) is 0 Å². The molecule has 1 saturated carbocycles. The predicted octanol–water partition coefficient (Wildman–Crippen LogP) is 2.36. The Morgan fingerprint density at radius 1 is 1.24 bits per heavy atom. The highest BCUT2D eigenvalue weighted by Gasteiger charge is 2.27. The lowest BCUT2D eigenvalue weighted by Crippen LogP contribution is -2.42. The van der Waals surface area contributed by atoms with Gasteiger partial charge in [-0.25, -0.2) is 0 Å². The van der Waals surface area contributed by atoms with E-state index in [1.807, 2.05) is 31.2 Å². The van der Waals surface area contributed by atoms with Crippen molar-refractivity contribution in [3.63, 3.8) is 0 Å². The molecule has 0 atom stereocenters. The van der Waals surface area contributed by atoms with Crippen LogP contribution in [0.5, 0.6) is 5.75 Å². The van der Waals surface area contributed by atoms with E-state index in [-0.39, 0.29) is 36.3 Å². The van der Waals surface area contributed by atoms with Crippen molar-refractivity contribution in [2.75, 3.05) is 0 Å². The zero-order chi connectivity index (χ0) is 14.5. The van der Waals surface area contributed by atoms with Gasteiger partial charge in [-0.15, -0.1) is 12.4 Å². The molecule has 0 spiro atoms. The first-order chi connectivity index (χ1) is 9.54. The first-order valence-electron chi connectivity index (χ1n) is 6.93. The van der Waals surface area contributed by atoms with Crippen LogP contribution in [0.4, 0.5) is 0 Å². The Kier molecular flexibility index (Phi) is 6.49. The summed E-state index contributed by atoms with van der Waals surface area (Å²) < 4.78 is 5.40. The van der Waals surface area contributed by atoms with Crippen molar-refractivity contribution in [3.8, 4) is 5.75 Å². The summed E-state index contributed by atoms with van der Waals surface area (Å²) in [6, 6.07) is 7.69. The zero-order valence-electron chi connectivity index (χ0n) is 12.1. The molecule has 6 heteroatoms. The third-order valence-electron chi connectivity index (χ3n) is 3.66. The van der Waals surface area contributed by atoms with Crippen molar-refractivity contribution < 1.29 is 9.53 Å². The van der Waals surface area contributed by atoms with Gasteiger partial charge in [-0.05, 0) is 44.7 Å². The molecule has 1 aromatic carbocycles. The Bertz CT molecular complexity index is 482. The van der Waals surface area contributed by atoms with E-state index in [0.717, 1.165) is 31.2 Å². The normalized spacial score (nSPS) is 21.0. The van der Waals surface area contributed by atoms with E-state index in [0.29, 0.717) is 5.75 Å². The highest BCUT2D eigenvalue weighted by Crippen LogP contribution is 2.26. The summed E-state index contributed by atoms with van der Waals surface area (Å²) >= 11 is 0. The number of esters is 1. The molecule has 1 fully saturated rings. The quantitative estimate of drug-likeness (QED) is 0.346. The summed E-state index contributed by atoms with van der Waals surface area (Å²) in [6.07, 6.45) is 3.23. The number of carbonyl (C=O) groups is 1. The summed E-state index contributed by atoms with van der Waals surface area (Å²) in [6.45, 7) is 1.99. The molecule has 21 heavy (non-hydrogen) atoms. The number of halogens is 1. The Balaban J connectivity index is 0.00000220. The number of hydrogen-bond donors (Lipinski definition) is 3. The second-order valence-corrected chi connectivity index (χ2v) is 5.34. The van der Waals surface area contributed by atoms with Crippen molar-refractivity contribution in [1.29, 1.82) is 5.41 Å². The van der Waals surface area contributed by atoms with E-state index < -0.39 is 0 Å². The number of ether oxygens (including phenoxy) is 1. The second kappa shape index (κ2) is 7.88. The van der Waals surface area contributed by atoms with Crippen LogP contribution in [0.15, 0.2) is 24.3 Å². The van der Waals surface area contributed by atoms with Gasteiger partial charge < -0.3 is 15.8 Å². The molecule has 5 nitrogen and oxygen atoms in total. The fourth-order valence-corrected chi connectivity index (χ4v) is 2.50. The third-order valence-corrected chi connectivity index (χ3v) is 3.66. The molecule has 116 valence electrons. The van der Waals surface area contributed by atoms with Crippen molar-refractivity contribution in [1.82, 2.24) is 5.32 Å². The van der Waals surface area contributed by atoms with E-state index in [9.17, 15) is 4.79 Å². The van der Waals surface area contributed by atoms with Crippen molar-refractivity contribution in [3.05, 3.63) is 29.8 Å². The maximum absolute atomic E-state index is 12.1. The fraction of sp³-hybridized carbons (Fsp3) is 0.467. The van der Waals surface area contributed by atoms with Crippen LogP contribution >= 0.6 is 12.4 Å². The first-order valence-corrected chi connectivity index (χ1v) is 6.93. The molecule has 4 N–H and O–H groups in total. The summed E-state index contributed by atoms with van der Waals surface area (Å²) in [4.78, 5) is 12.1. The maximum Gasteiger partial charge on any atom is 0.314 e. The lowest BCUT2D eigenvalue weighted by atomic mass is 9.86. The van der Waals surface area contributed by atoms with Gasteiger partial charge in [-0.1, -0.05) is 17.7 Å². The molecule has 0 radical (unpaired) electrons. The van der Waals surface area contributed by atoms with E-state index in [1.165, 1.54) is 0 Å². The van der Waals surface area contributed by atoms with Crippen LogP contribution in [-0.2, 0) is 4.79 Å². The number of rotatable bonds is 3. The summed E-state index contributed by atoms with van der Waals surface area (Å²) in [5, 5.41) is 10.1. The highest BCUT2D eigenvalue weighted by atomic mass is 35.5. The third kappa shape index (κ3) is 5.27. The van der Waals surface area contributed by atoms with E-state index in [2.05, 4.69) is 5.32 Å². The first kappa shape index (κ1) is 17.3. The van der Waals surface area contributed by atoms with Gasteiger partial charge in [-0.3, -0.25) is 10.2 Å². The molecular weight excluding hydrogens is 290 g/mol. The molecule has 1 aliphatic rings. The summed E-state index contributed by atoms with van der Waals surface area (Å²) in [5.41, 5.74) is 6.45. The Labute approximate surface area is 131 Å². The topological polar surface area (TPSA) is 88.2 Å². The molecule has 0 heterocycles. The Morgan fingerprint density at radius 3 is 2.33 bits per heavy atom. The van der Waals surface area contributed by atoms with Crippen LogP contribution in [0.1, 0.15) is 31.2 Å². The van der Waals surface area contributed by atoms with Crippen molar-refractivity contribution in [2.24, 2.45) is 11.7 Å². The van der Waals surface area contributed by atoms with Gasteiger partial charge in [0.1, 0.15) is 5.75 Å². The number of hydrogen-bond acceptors (Lipinski definition) is 3. The van der Waals surface area contributed by atoms with Crippen LogP contribution in [-0.4, -0.2) is 18.0 Å². The van der Waals surface area contributed by atoms with E-state index >= 15 is 0 Å². The van der Waals surface area contributed by atoms with Crippen molar-refractivity contribution >= 4 is 24.3 Å². The minimum Gasteiger partial charge on any atom is -0.426 e. The van der Waals surface area contributed by atoms with E-state index in [1.54, 1.807) is 0 Å². The molecule has 1 aromatic rings. The summed E-state index contributed by atoms with van der Waals surface area (Å²) in [7, 11) is 0. The molecule has 0 aromatic heterocycles. The smallest absolute Gasteiger partial charge is 0.314 e. The van der Waals surface area contributed by atoms with Gasteiger partial charge in [0, 0.05) is 6.04 Å². The molecule has 2 rings (SSSR count). The van der Waals surface area contributed by atoms with Crippen LogP contribution < -0.4 is 15.8 Å². The lowest BCUT2D eigenvalue weighted by molar-refractivity contribution is -0.140. The molecule has 0 bridgehead atoms. The maximum atomic E-state index is 12.1. The number of carbonyl (C=O) groups excluding carboxylic acids is 1. The molecule has 0 aliphatic heterocycles. The van der Waals surface area contributed by atoms with Crippen LogP contribution in [0.25, 0.3) is 0 Å². The van der Waals surface area contributed by atoms with Crippen LogP contribution in [0, 0.1) is 18.3 Å². The minimum atomic E-state index is -0.157. The standard InChI is InChI=1S/C15H21N3O2.ClH/c1-10-2-8-13(9-3-10)20-14(19)11-4-6-12(7-5-11)18-15(16)17;/h2-3,8-9,11-12H,4-7H2,1H3,(H4,16,17,18);1H/t11-,12-;. The molecule has 1 aliphatic carbocycles. The van der Waals surface area contributed by atoms with E-state index in [4.69, 9.17) is 15.9 Å². The number of guanidine groups is 1. The highest BCUT2D eigenvalue weighted by molar-refractivity contribution is 5.85. The summed E-state index contributed by atoms with van der Waals surface area (Å²) in [5.74, 6) is 0.386. The Hall–Kier alpha value is -1.75. The number of nitrogens with two attached hydrogens (primary N) is 1. The van der Waals surface area contributed by atoms with Crippen molar-refractivity contribution in [2.45, 2.75) is 38.6 Å². The minimum absolute atomic E-state index is 0. The largest absolute Gasteiger partial charge is 0.426 e. The molecule has 0 amide bonds. The van der Waals surface area contributed by atoms with Crippen LogP contribution in [0.3, 0.4) is 0 Å². The van der Waals surface area contributed by atoms with Crippen LogP contribution in [0.2, 0.25) is 0 Å². The van der Waals surface area contributed by atoms with Gasteiger partial charge in [0.05, 0.1) is 5.92 Å². The average molecular weight is 312 g/mol. The predicted molar refractivity (Wildman–Crippen MR) is 84.9 cm³/mol. The van der Waals surface area contributed by atoms with Gasteiger partial charge >= 0.3 is 5.97 Å². The lowest BCUT2D eigenvalue weighted by Gasteiger charge is -2.27. The van der Waals surface area contributed by atoms with Gasteiger partial charge in [0.15, 0.2) is 5.96 Å². The second-order valence-electron chi connectivity index (χ2n) is 5.34. The SMILES string of the molecule is Cc1ccc(OC(=O)[C@H]2CC[C@H](NC(=N)N)CC2)cc1.Cl. The number of benzene rings is 1. The average Bonchev–Trinajstić information content (AvgIpc) is 2.41. The molecule has 0 unspecified atom stereocenters. The molecular formula is C15H22ClN3O2. The van der Waals surface area contributed by atoms with Gasteiger partial charge in [0.2, 0.25) is 0 Å². The zero-order valence-corrected chi connectivity index (χ0v) is 12.9. The number of aryl methyl sites for hydroxylation is 1. The fourth-order valence-electron chi connectivity index (χ4n) is 2.50. The Morgan fingerprint density at radius 2 is 1.81 bits per heavy atom. The number of nitrogens with one attached hydrogen (secondary N) is 2. The molecule has 0 saturated heterocycles. The monoisotopic (exact) mass is 311 g/mol. The van der Waals surface area contributed by atoms with Gasteiger partial charge in [0.25, 0.3) is 0 Å².